The molecule has 9 atom stereocenters. The minimum Gasteiger partial charge on any atom is -0.399 e. The number of anilines is 1. The van der Waals surface area contributed by atoms with Crippen LogP contribution in [0, 0.1) is 29.6 Å². The zero-order chi connectivity index (χ0) is 44.0. The first-order valence-electron chi connectivity index (χ1n) is 21.2. The van der Waals surface area contributed by atoms with Crippen molar-refractivity contribution in [3.05, 3.63) is 29.8 Å². The van der Waals surface area contributed by atoms with Crippen molar-refractivity contribution in [2.24, 2.45) is 29.6 Å². The SMILES string of the molecule is CCC(C)C(C(CC(=O)N1CCC[C@H]1C(OC)C(C)C(=O)NC(CC(C)C)C(=O)NCc1ccc(N)cc1)OC)N(C)C(=O)C(NC(=O)C(C(C)C)N(C)C)C(C)C. The van der Waals surface area contributed by atoms with Crippen LogP contribution in [-0.2, 0) is 40.0 Å². The third-order valence-corrected chi connectivity index (χ3v) is 11.7. The monoisotopic (exact) mass is 816 g/mol. The molecule has 330 valence electrons. The number of rotatable bonds is 23. The van der Waals surface area contributed by atoms with E-state index < -0.39 is 42.3 Å². The van der Waals surface area contributed by atoms with Gasteiger partial charge in [0.2, 0.25) is 29.5 Å². The normalized spacial score (nSPS) is 18.7. The minimum atomic E-state index is -0.772. The molecule has 1 aliphatic heterocycles. The molecule has 0 aliphatic carbocycles. The highest BCUT2D eigenvalue weighted by atomic mass is 16.5. The Kier molecular flexibility index (Phi) is 20.6. The third kappa shape index (κ3) is 13.9. The van der Waals surface area contributed by atoms with Crippen LogP contribution in [0.25, 0.3) is 0 Å². The van der Waals surface area contributed by atoms with Gasteiger partial charge in [0.1, 0.15) is 12.1 Å². The summed E-state index contributed by atoms with van der Waals surface area (Å²) in [5.74, 6) is -1.93. The molecule has 5 N–H and O–H groups in total. The number of likely N-dealkylation sites (tertiary alicyclic amines) is 1. The standard InChI is InChI=1S/C44H77N7O7/c1-15-29(8)39(50(12)44(56)37(27(4)5)48-43(55)38(28(6)7)49(10)11)35(57-13)24-36(52)51-22-16-17-34(51)40(58-14)30(9)41(53)47-33(23-26(2)3)42(54)46-25-31-18-20-32(45)21-19-31/h18-21,26-30,33-35,37-40H,15-17,22-25,45H2,1-14H3,(H,46,54)(H,47,53)(H,48,55)/t29?,30?,33?,34-,35?,37?,38?,39?,40?/m0/s1. The number of methoxy groups -OCH3 is 2. The number of ether oxygens (including phenoxy) is 2. The number of benzene rings is 1. The number of amides is 5. The lowest BCUT2D eigenvalue weighted by Gasteiger charge is -2.41. The Morgan fingerprint density at radius 2 is 1.48 bits per heavy atom. The predicted octanol–water partition coefficient (Wildman–Crippen LogP) is 4.06. The molecule has 1 aromatic carbocycles. The molecule has 2 rings (SSSR count). The van der Waals surface area contributed by atoms with Gasteiger partial charge < -0.3 is 41.0 Å². The summed E-state index contributed by atoms with van der Waals surface area (Å²) in [6.07, 6.45) is 1.29. The van der Waals surface area contributed by atoms with Crippen LogP contribution in [0.3, 0.4) is 0 Å². The summed E-state index contributed by atoms with van der Waals surface area (Å²) in [6.45, 7) is 18.4. The van der Waals surface area contributed by atoms with Gasteiger partial charge in [-0.2, -0.15) is 0 Å². The summed E-state index contributed by atoms with van der Waals surface area (Å²) in [6, 6.07) is 4.47. The number of likely N-dealkylation sites (N-methyl/N-ethyl adjacent to an activating group) is 2. The van der Waals surface area contributed by atoms with Crippen LogP contribution in [0.4, 0.5) is 5.69 Å². The van der Waals surface area contributed by atoms with Gasteiger partial charge >= 0.3 is 0 Å². The van der Waals surface area contributed by atoms with Crippen LogP contribution < -0.4 is 21.7 Å². The van der Waals surface area contributed by atoms with E-state index in [-0.39, 0.29) is 65.7 Å². The summed E-state index contributed by atoms with van der Waals surface area (Å²) in [7, 11) is 8.54. The number of nitrogen functional groups attached to an aromatic ring is 1. The molecule has 1 aliphatic rings. The molecule has 0 radical (unpaired) electrons. The van der Waals surface area contributed by atoms with Crippen molar-refractivity contribution >= 4 is 35.2 Å². The van der Waals surface area contributed by atoms with Gasteiger partial charge in [-0.3, -0.25) is 28.9 Å². The van der Waals surface area contributed by atoms with E-state index in [9.17, 15) is 24.0 Å². The number of hydrogen-bond acceptors (Lipinski definition) is 9. The van der Waals surface area contributed by atoms with Gasteiger partial charge in [0.05, 0.1) is 42.7 Å². The van der Waals surface area contributed by atoms with Gasteiger partial charge in [0.15, 0.2) is 0 Å². The fourth-order valence-electron chi connectivity index (χ4n) is 8.37. The molecule has 5 amide bonds. The smallest absolute Gasteiger partial charge is 0.245 e. The molecule has 1 heterocycles. The Bertz CT molecular complexity index is 1460. The van der Waals surface area contributed by atoms with Crippen molar-refractivity contribution in [1.82, 2.24) is 30.7 Å². The van der Waals surface area contributed by atoms with Crippen LogP contribution in [-0.4, -0.2) is 129 Å². The minimum absolute atomic E-state index is 0.00996. The van der Waals surface area contributed by atoms with E-state index in [1.807, 2.05) is 86.5 Å². The van der Waals surface area contributed by atoms with E-state index in [2.05, 4.69) is 16.0 Å². The van der Waals surface area contributed by atoms with Crippen LogP contribution in [0.1, 0.15) is 100.0 Å². The average molecular weight is 816 g/mol. The van der Waals surface area contributed by atoms with E-state index in [1.165, 1.54) is 0 Å². The number of nitrogens with zero attached hydrogens (tertiary/aromatic N) is 3. The van der Waals surface area contributed by atoms with Crippen LogP contribution in [0.2, 0.25) is 0 Å². The van der Waals surface area contributed by atoms with Crippen molar-refractivity contribution in [2.75, 3.05) is 47.6 Å². The van der Waals surface area contributed by atoms with Crippen LogP contribution in [0.5, 0.6) is 0 Å². The zero-order valence-electron chi connectivity index (χ0n) is 38.0. The van der Waals surface area contributed by atoms with Crippen LogP contribution in [0.15, 0.2) is 24.3 Å². The maximum absolute atomic E-state index is 14.3. The summed E-state index contributed by atoms with van der Waals surface area (Å²) in [5, 5.41) is 8.96. The molecule has 1 aromatic rings. The van der Waals surface area contributed by atoms with Gasteiger partial charge in [-0.05, 0) is 74.7 Å². The molecule has 1 saturated heterocycles. The van der Waals surface area contributed by atoms with Crippen molar-refractivity contribution < 1.29 is 33.4 Å². The van der Waals surface area contributed by atoms with Crippen molar-refractivity contribution in [2.45, 2.75) is 143 Å². The number of hydrogen-bond donors (Lipinski definition) is 4. The average Bonchev–Trinajstić information content (AvgIpc) is 3.64. The maximum atomic E-state index is 14.3. The van der Waals surface area contributed by atoms with Crippen LogP contribution >= 0.6 is 0 Å². The van der Waals surface area contributed by atoms with Crippen molar-refractivity contribution in [1.29, 1.82) is 0 Å². The predicted molar refractivity (Wildman–Crippen MR) is 229 cm³/mol. The molecule has 0 aromatic heterocycles. The lowest BCUT2D eigenvalue weighted by molar-refractivity contribution is -0.148. The first kappa shape index (κ1) is 50.4. The van der Waals surface area contributed by atoms with Gasteiger partial charge in [-0.1, -0.05) is 80.9 Å². The van der Waals surface area contributed by atoms with E-state index in [1.54, 1.807) is 50.1 Å². The molecule has 0 bridgehead atoms. The lowest BCUT2D eigenvalue weighted by Crippen LogP contribution is -2.59. The Morgan fingerprint density at radius 1 is 0.862 bits per heavy atom. The van der Waals surface area contributed by atoms with E-state index >= 15 is 0 Å². The Balaban J connectivity index is 2.26. The molecule has 8 unspecified atom stereocenters. The van der Waals surface area contributed by atoms with Crippen molar-refractivity contribution in [3.8, 4) is 0 Å². The fraction of sp³-hybridized carbons (Fsp3) is 0.750. The third-order valence-electron chi connectivity index (χ3n) is 11.7. The second-order valence-electron chi connectivity index (χ2n) is 17.6. The molecule has 0 spiro atoms. The van der Waals surface area contributed by atoms with Gasteiger partial charge in [0, 0.05) is 40.0 Å². The topological polar surface area (TPSA) is 176 Å². The Morgan fingerprint density at radius 3 is 1.98 bits per heavy atom. The highest BCUT2D eigenvalue weighted by molar-refractivity contribution is 5.90. The molecule has 14 heteroatoms. The maximum Gasteiger partial charge on any atom is 0.245 e. The second-order valence-corrected chi connectivity index (χ2v) is 17.6. The van der Waals surface area contributed by atoms with E-state index in [0.29, 0.717) is 31.6 Å². The first-order valence-corrected chi connectivity index (χ1v) is 21.2. The lowest BCUT2D eigenvalue weighted by atomic mass is 9.89. The fourth-order valence-corrected chi connectivity index (χ4v) is 8.37. The van der Waals surface area contributed by atoms with Gasteiger partial charge in [0.25, 0.3) is 0 Å². The molecule has 14 nitrogen and oxygen atoms in total. The molecule has 0 saturated carbocycles. The van der Waals surface area contributed by atoms with E-state index in [4.69, 9.17) is 15.2 Å². The number of nitrogens with two attached hydrogens (primary N) is 1. The summed E-state index contributed by atoms with van der Waals surface area (Å²) in [5.41, 5.74) is 7.33. The molecular weight excluding hydrogens is 739 g/mol. The zero-order valence-corrected chi connectivity index (χ0v) is 38.0. The summed E-state index contributed by atoms with van der Waals surface area (Å²) >= 11 is 0. The van der Waals surface area contributed by atoms with Crippen molar-refractivity contribution in [3.63, 3.8) is 0 Å². The molecule has 1 fully saturated rings. The number of carbonyl (C=O) groups excluding carboxylic acids is 5. The molecular formula is C44H77N7O7. The number of carbonyl (C=O) groups is 5. The Hall–Kier alpha value is -3.75. The van der Waals surface area contributed by atoms with Gasteiger partial charge in [-0.25, -0.2) is 0 Å². The second kappa shape index (κ2) is 23.7. The quantitative estimate of drug-likeness (QED) is 0.119. The first-order chi connectivity index (χ1) is 27.2. The summed E-state index contributed by atoms with van der Waals surface area (Å²) in [4.78, 5) is 74.6. The van der Waals surface area contributed by atoms with Gasteiger partial charge in [-0.15, -0.1) is 0 Å². The highest BCUT2D eigenvalue weighted by Gasteiger charge is 2.43. The largest absolute Gasteiger partial charge is 0.399 e. The summed E-state index contributed by atoms with van der Waals surface area (Å²) < 4.78 is 12.0. The molecule has 58 heavy (non-hydrogen) atoms. The highest BCUT2D eigenvalue weighted by Crippen LogP contribution is 2.30. The number of nitrogens with one attached hydrogen (secondary N) is 3. The Labute approximate surface area is 349 Å². The van der Waals surface area contributed by atoms with E-state index in [0.717, 1.165) is 18.4 Å².